The first-order valence-electron chi connectivity index (χ1n) is 5.20. The Hall–Kier alpha value is -2.16. The second-order valence-electron chi connectivity index (χ2n) is 3.59. The van der Waals surface area contributed by atoms with Crippen molar-refractivity contribution in [1.29, 1.82) is 0 Å². The molecule has 2 nitrogen and oxygen atoms in total. The van der Waals surface area contributed by atoms with Crippen LogP contribution in [-0.2, 0) is 16.1 Å². The fraction of sp³-hybridized carbons (Fsp3) is 0.0714. The molecule has 2 rings (SSSR count). The summed E-state index contributed by atoms with van der Waals surface area (Å²) < 4.78 is 18.4. The van der Waals surface area contributed by atoms with Crippen LogP contribution in [0.3, 0.4) is 0 Å². The van der Waals surface area contributed by atoms with Crippen molar-refractivity contribution in [1.82, 2.24) is 0 Å². The Kier molecular flexibility index (Phi) is 3.50. The summed E-state index contributed by atoms with van der Waals surface area (Å²) in [6.45, 7) is 0.443. The van der Waals surface area contributed by atoms with Gasteiger partial charge in [-0.15, -0.1) is 0 Å². The minimum Gasteiger partial charge on any atom is -0.463 e. The van der Waals surface area contributed by atoms with Gasteiger partial charge in [0.1, 0.15) is 12.4 Å². The fourth-order valence-electron chi connectivity index (χ4n) is 1.63. The van der Waals surface area contributed by atoms with Crippen LogP contribution in [0.1, 0.15) is 5.56 Å². The van der Waals surface area contributed by atoms with Gasteiger partial charge in [0, 0.05) is 5.56 Å². The molecule has 0 heterocycles. The van der Waals surface area contributed by atoms with Crippen LogP contribution >= 0.6 is 0 Å². The van der Waals surface area contributed by atoms with Gasteiger partial charge in [-0.1, -0.05) is 42.5 Å². The molecule has 86 valence electrons. The summed E-state index contributed by atoms with van der Waals surface area (Å²) in [5.41, 5.74) is 2.00. The number of carbonyl (C=O) groups excluding carboxylic acids is 1. The molecule has 0 aliphatic heterocycles. The number of benzene rings is 2. The van der Waals surface area contributed by atoms with Gasteiger partial charge in [-0.05, 0) is 17.2 Å². The minimum absolute atomic E-state index is 0.0927. The second kappa shape index (κ2) is 5.25. The van der Waals surface area contributed by atoms with Gasteiger partial charge in [-0.25, -0.2) is 4.39 Å². The smallest absolute Gasteiger partial charge is 0.293 e. The zero-order valence-corrected chi connectivity index (χ0v) is 9.10. The van der Waals surface area contributed by atoms with Crippen molar-refractivity contribution in [3.05, 3.63) is 59.9 Å². The molecule has 17 heavy (non-hydrogen) atoms. The predicted octanol–water partition coefficient (Wildman–Crippen LogP) is 3.17. The van der Waals surface area contributed by atoms with Crippen LogP contribution in [0.2, 0.25) is 0 Å². The molecular weight excluding hydrogens is 219 g/mol. The summed E-state index contributed by atoms with van der Waals surface area (Å²) in [6.07, 6.45) is 0. The van der Waals surface area contributed by atoms with Gasteiger partial charge in [0.15, 0.2) is 0 Å². The topological polar surface area (TPSA) is 26.3 Å². The lowest BCUT2D eigenvalue weighted by Crippen LogP contribution is -1.92. The first-order chi connectivity index (χ1) is 8.31. The number of ether oxygens (including phenoxy) is 1. The van der Waals surface area contributed by atoms with Crippen LogP contribution in [-0.4, -0.2) is 6.47 Å². The SMILES string of the molecule is O=COCc1ccc(-c2ccccc2)c(F)c1. The van der Waals surface area contributed by atoms with E-state index in [4.69, 9.17) is 0 Å². The first kappa shape index (κ1) is 11.3. The number of hydrogen-bond donors (Lipinski definition) is 0. The van der Waals surface area contributed by atoms with Crippen molar-refractivity contribution >= 4 is 6.47 Å². The second-order valence-corrected chi connectivity index (χ2v) is 3.59. The van der Waals surface area contributed by atoms with Crippen molar-refractivity contribution < 1.29 is 13.9 Å². The van der Waals surface area contributed by atoms with Crippen molar-refractivity contribution in [3.63, 3.8) is 0 Å². The molecular formula is C14H11FO2. The summed E-state index contributed by atoms with van der Waals surface area (Å²) in [5, 5.41) is 0. The maximum absolute atomic E-state index is 13.8. The van der Waals surface area contributed by atoms with Crippen LogP contribution < -0.4 is 0 Å². The summed E-state index contributed by atoms with van der Waals surface area (Å²) >= 11 is 0. The maximum Gasteiger partial charge on any atom is 0.293 e. The molecule has 0 saturated heterocycles. The van der Waals surface area contributed by atoms with Crippen molar-refractivity contribution in [2.24, 2.45) is 0 Å². The van der Waals surface area contributed by atoms with E-state index in [1.54, 1.807) is 12.1 Å². The average molecular weight is 230 g/mol. The third-order valence-corrected chi connectivity index (χ3v) is 2.44. The maximum atomic E-state index is 13.8. The van der Waals surface area contributed by atoms with Crippen LogP contribution in [0.4, 0.5) is 4.39 Å². The third-order valence-electron chi connectivity index (χ3n) is 2.44. The van der Waals surface area contributed by atoms with E-state index in [1.165, 1.54) is 6.07 Å². The largest absolute Gasteiger partial charge is 0.463 e. The van der Waals surface area contributed by atoms with Crippen molar-refractivity contribution in [3.8, 4) is 11.1 Å². The molecule has 0 aliphatic rings. The molecule has 0 amide bonds. The third kappa shape index (κ3) is 2.69. The lowest BCUT2D eigenvalue weighted by Gasteiger charge is -2.05. The van der Waals surface area contributed by atoms with Crippen LogP contribution in [0.15, 0.2) is 48.5 Å². The molecule has 0 unspecified atom stereocenters. The highest BCUT2D eigenvalue weighted by Gasteiger charge is 2.05. The molecule has 0 radical (unpaired) electrons. The Bertz CT molecular complexity index is 509. The van der Waals surface area contributed by atoms with Gasteiger partial charge in [0.2, 0.25) is 0 Å². The first-order valence-corrected chi connectivity index (χ1v) is 5.20. The zero-order valence-electron chi connectivity index (χ0n) is 9.10. The van der Waals surface area contributed by atoms with Gasteiger partial charge in [0.05, 0.1) is 0 Å². The van der Waals surface area contributed by atoms with Gasteiger partial charge in [-0.2, -0.15) is 0 Å². The van der Waals surface area contributed by atoms with Crippen molar-refractivity contribution in [2.45, 2.75) is 6.61 Å². The van der Waals surface area contributed by atoms with E-state index in [-0.39, 0.29) is 12.4 Å². The van der Waals surface area contributed by atoms with E-state index in [0.717, 1.165) is 5.56 Å². The molecule has 0 saturated carbocycles. The summed E-state index contributed by atoms with van der Waals surface area (Å²) in [4.78, 5) is 10.0. The molecule has 2 aromatic rings. The number of halogens is 1. The summed E-state index contributed by atoms with van der Waals surface area (Å²) in [6, 6.07) is 14.1. The Morgan fingerprint density at radius 1 is 1.12 bits per heavy atom. The molecule has 0 aliphatic carbocycles. The molecule has 0 atom stereocenters. The number of carbonyl (C=O) groups is 1. The highest BCUT2D eigenvalue weighted by Crippen LogP contribution is 2.23. The summed E-state index contributed by atoms with van der Waals surface area (Å²) in [7, 11) is 0. The zero-order chi connectivity index (χ0) is 12.1. The van der Waals surface area contributed by atoms with Crippen LogP contribution in [0.5, 0.6) is 0 Å². The number of hydrogen-bond acceptors (Lipinski definition) is 2. The Labute approximate surface area is 98.7 Å². The standard InChI is InChI=1S/C14H11FO2/c15-14-8-11(9-17-10-16)6-7-13(14)12-4-2-1-3-5-12/h1-8,10H,9H2. The molecule has 0 aromatic heterocycles. The van der Waals surface area contributed by atoms with Gasteiger partial charge < -0.3 is 4.74 Å². The highest BCUT2D eigenvalue weighted by molar-refractivity contribution is 5.64. The summed E-state index contributed by atoms with van der Waals surface area (Å²) in [5.74, 6) is -0.316. The Balaban J connectivity index is 2.29. The average Bonchev–Trinajstić information content (AvgIpc) is 2.37. The Morgan fingerprint density at radius 2 is 1.88 bits per heavy atom. The molecule has 0 bridgehead atoms. The van der Waals surface area contributed by atoms with Crippen LogP contribution in [0.25, 0.3) is 11.1 Å². The molecule has 0 spiro atoms. The predicted molar refractivity (Wildman–Crippen MR) is 62.7 cm³/mol. The molecule has 3 heteroatoms. The lowest BCUT2D eigenvalue weighted by molar-refractivity contribution is -0.129. The van der Waals surface area contributed by atoms with E-state index < -0.39 is 0 Å². The fourth-order valence-corrected chi connectivity index (χ4v) is 1.63. The molecule has 2 aromatic carbocycles. The van der Waals surface area contributed by atoms with E-state index in [0.29, 0.717) is 17.6 Å². The number of rotatable bonds is 4. The van der Waals surface area contributed by atoms with E-state index in [2.05, 4.69) is 4.74 Å². The van der Waals surface area contributed by atoms with E-state index in [9.17, 15) is 9.18 Å². The van der Waals surface area contributed by atoms with Gasteiger partial charge in [0.25, 0.3) is 6.47 Å². The molecule has 0 N–H and O–H groups in total. The van der Waals surface area contributed by atoms with Gasteiger partial charge in [-0.3, -0.25) is 4.79 Å². The lowest BCUT2D eigenvalue weighted by atomic mass is 10.0. The van der Waals surface area contributed by atoms with E-state index in [1.807, 2.05) is 30.3 Å². The Morgan fingerprint density at radius 3 is 2.53 bits per heavy atom. The van der Waals surface area contributed by atoms with Crippen molar-refractivity contribution in [2.75, 3.05) is 0 Å². The monoisotopic (exact) mass is 230 g/mol. The van der Waals surface area contributed by atoms with Gasteiger partial charge >= 0.3 is 0 Å². The van der Waals surface area contributed by atoms with Crippen LogP contribution in [0, 0.1) is 5.82 Å². The molecule has 0 fully saturated rings. The quantitative estimate of drug-likeness (QED) is 0.754. The normalized spacial score (nSPS) is 9.94. The van der Waals surface area contributed by atoms with E-state index >= 15 is 0 Å². The highest BCUT2D eigenvalue weighted by atomic mass is 19.1. The minimum atomic E-state index is -0.316.